The van der Waals surface area contributed by atoms with Gasteiger partial charge >= 0.3 is 0 Å². The molecule has 0 aliphatic rings. The second-order valence-electron chi connectivity index (χ2n) is 7.37. The maximum atomic E-state index is 12.1. The van der Waals surface area contributed by atoms with Gasteiger partial charge in [-0.2, -0.15) is 0 Å². The van der Waals surface area contributed by atoms with Crippen LogP contribution in [0.4, 0.5) is 0 Å². The summed E-state index contributed by atoms with van der Waals surface area (Å²) < 4.78 is 29.5. The fourth-order valence-electron chi connectivity index (χ4n) is 2.63. The van der Waals surface area contributed by atoms with E-state index in [1.807, 2.05) is 12.1 Å². The molecular formula is C21H26BrNO4S. The van der Waals surface area contributed by atoms with Crippen molar-refractivity contribution in [3.8, 4) is 5.75 Å². The first-order valence-corrected chi connectivity index (χ1v) is 11.7. The third-order valence-corrected chi connectivity index (χ3v) is 6.02. The SMILES string of the molecule is CC(C)(CNC(=O)CCCOc1ccc(S(C)(=O)=O)cc1)c1cccc(Br)c1. The Balaban J connectivity index is 1.73. The van der Waals surface area contributed by atoms with Crippen LogP contribution in [0.15, 0.2) is 57.9 Å². The lowest BCUT2D eigenvalue weighted by molar-refractivity contribution is -0.121. The smallest absolute Gasteiger partial charge is 0.220 e. The summed E-state index contributed by atoms with van der Waals surface area (Å²) in [6.45, 7) is 5.13. The number of hydrogen-bond donors (Lipinski definition) is 1. The van der Waals surface area contributed by atoms with Crippen LogP contribution in [0.5, 0.6) is 5.75 Å². The van der Waals surface area contributed by atoms with Crippen LogP contribution in [-0.4, -0.2) is 33.7 Å². The molecule has 0 aliphatic carbocycles. The predicted octanol–water partition coefficient (Wildman–Crippen LogP) is 4.11. The molecule has 0 aliphatic heterocycles. The van der Waals surface area contributed by atoms with Crippen molar-refractivity contribution in [2.45, 2.75) is 37.0 Å². The van der Waals surface area contributed by atoms with Gasteiger partial charge in [0, 0.05) is 29.1 Å². The van der Waals surface area contributed by atoms with Crippen molar-refractivity contribution in [2.24, 2.45) is 0 Å². The van der Waals surface area contributed by atoms with Gasteiger partial charge in [-0.05, 0) is 48.4 Å². The number of nitrogens with one attached hydrogen (secondary N) is 1. The molecular weight excluding hydrogens is 442 g/mol. The van der Waals surface area contributed by atoms with E-state index in [1.165, 1.54) is 18.4 Å². The number of halogens is 1. The van der Waals surface area contributed by atoms with Crippen molar-refractivity contribution >= 4 is 31.7 Å². The van der Waals surface area contributed by atoms with Gasteiger partial charge in [-0.1, -0.05) is 41.9 Å². The second kappa shape index (κ2) is 9.56. The van der Waals surface area contributed by atoms with E-state index in [1.54, 1.807) is 12.1 Å². The van der Waals surface area contributed by atoms with E-state index < -0.39 is 9.84 Å². The molecule has 0 radical (unpaired) electrons. The quantitative estimate of drug-likeness (QED) is 0.563. The largest absolute Gasteiger partial charge is 0.494 e. The van der Waals surface area contributed by atoms with Gasteiger partial charge in [0.25, 0.3) is 0 Å². The van der Waals surface area contributed by atoms with E-state index in [2.05, 4.69) is 47.2 Å². The summed E-state index contributed by atoms with van der Waals surface area (Å²) in [4.78, 5) is 12.4. The monoisotopic (exact) mass is 467 g/mol. The minimum atomic E-state index is -3.21. The lowest BCUT2D eigenvalue weighted by Crippen LogP contribution is -2.36. The first-order valence-electron chi connectivity index (χ1n) is 9.04. The topological polar surface area (TPSA) is 72.5 Å². The highest BCUT2D eigenvalue weighted by molar-refractivity contribution is 9.10. The lowest BCUT2D eigenvalue weighted by Gasteiger charge is -2.26. The van der Waals surface area contributed by atoms with E-state index in [0.717, 1.165) is 10.0 Å². The molecule has 152 valence electrons. The summed E-state index contributed by atoms with van der Waals surface area (Å²) in [6, 6.07) is 14.4. The molecule has 0 atom stereocenters. The molecule has 28 heavy (non-hydrogen) atoms. The Labute approximate surface area is 175 Å². The summed E-state index contributed by atoms with van der Waals surface area (Å²) in [6.07, 6.45) is 2.12. The van der Waals surface area contributed by atoms with Crippen LogP contribution in [-0.2, 0) is 20.0 Å². The summed E-state index contributed by atoms with van der Waals surface area (Å²) in [5, 5.41) is 2.99. The van der Waals surface area contributed by atoms with Crippen molar-refractivity contribution < 1.29 is 17.9 Å². The standard InChI is InChI=1S/C21H26BrNO4S/c1-21(2,16-6-4-7-17(22)14-16)15-23-20(24)8-5-13-27-18-9-11-19(12-10-18)28(3,25)26/h4,6-7,9-12,14H,5,8,13,15H2,1-3H3,(H,23,24). The molecule has 0 unspecified atom stereocenters. The molecule has 0 saturated heterocycles. The Morgan fingerprint density at radius 2 is 1.82 bits per heavy atom. The molecule has 0 spiro atoms. The van der Waals surface area contributed by atoms with Gasteiger partial charge in [-0.25, -0.2) is 8.42 Å². The fourth-order valence-corrected chi connectivity index (χ4v) is 3.65. The minimum Gasteiger partial charge on any atom is -0.494 e. The van der Waals surface area contributed by atoms with Crippen LogP contribution >= 0.6 is 15.9 Å². The van der Waals surface area contributed by atoms with Crippen molar-refractivity contribution in [1.29, 1.82) is 0 Å². The van der Waals surface area contributed by atoms with Crippen LogP contribution < -0.4 is 10.1 Å². The molecule has 0 bridgehead atoms. The average Bonchev–Trinajstić information content (AvgIpc) is 2.63. The van der Waals surface area contributed by atoms with Gasteiger partial charge in [-0.3, -0.25) is 4.79 Å². The highest BCUT2D eigenvalue weighted by Gasteiger charge is 2.21. The number of benzene rings is 2. The van der Waals surface area contributed by atoms with E-state index in [9.17, 15) is 13.2 Å². The zero-order valence-corrected chi connectivity index (χ0v) is 18.8. The number of carbonyl (C=O) groups excluding carboxylic acids is 1. The van der Waals surface area contributed by atoms with Gasteiger partial charge in [0.2, 0.25) is 5.91 Å². The first-order chi connectivity index (χ1) is 13.1. The van der Waals surface area contributed by atoms with Gasteiger partial charge < -0.3 is 10.1 Å². The molecule has 0 fully saturated rings. The van der Waals surface area contributed by atoms with Crippen molar-refractivity contribution in [1.82, 2.24) is 5.32 Å². The molecule has 0 heterocycles. The third-order valence-electron chi connectivity index (χ3n) is 4.40. The maximum Gasteiger partial charge on any atom is 0.220 e. The second-order valence-corrected chi connectivity index (χ2v) is 10.3. The Hall–Kier alpha value is -1.86. The van der Waals surface area contributed by atoms with Crippen LogP contribution in [0, 0.1) is 0 Å². The summed E-state index contributed by atoms with van der Waals surface area (Å²) >= 11 is 3.48. The minimum absolute atomic E-state index is 0.0147. The Kier molecular flexibility index (Phi) is 7.66. The average molecular weight is 468 g/mol. The van der Waals surface area contributed by atoms with Crippen LogP contribution in [0.1, 0.15) is 32.3 Å². The molecule has 5 nitrogen and oxygen atoms in total. The summed E-state index contributed by atoms with van der Waals surface area (Å²) in [5.41, 5.74) is 0.986. The number of amides is 1. The molecule has 1 N–H and O–H groups in total. The Morgan fingerprint density at radius 1 is 1.14 bits per heavy atom. The van der Waals surface area contributed by atoms with E-state index in [0.29, 0.717) is 31.7 Å². The molecule has 2 aromatic carbocycles. The number of ether oxygens (including phenoxy) is 1. The van der Waals surface area contributed by atoms with Gasteiger partial charge in [0.15, 0.2) is 9.84 Å². The number of rotatable bonds is 9. The zero-order valence-electron chi connectivity index (χ0n) is 16.4. The third kappa shape index (κ3) is 6.95. The molecule has 0 saturated carbocycles. The molecule has 1 amide bonds. The van der Waals surface area contributed by atoms with Gasteiger partial charge in [0.05, 0.1) is 11.5 Å². The fraction of sp³-hybridized carbons (Fsp3) is 0.381. The zero-order chi connectivity index (χ0) is 20.8. The predicted molar refractivity (Wildman–Crippen MR) is 114 cm³/mol. The summed E-state index contributed by atoms with van der Waals surface area (Å²) in [7, 11) is -3.21. The molecule has 0 aromatic heterocycles. The number of sulfone groups is 1. The van der Waals surface area contributed by atoms with Crippen LogP contribution in [0.2, 0.25) is 0 Å². The van der Waals surface area contributed by atoms with E-state index >= 15 is 0 Å². The Bertz CT molecular complexity index is 908. The van der Waals surface area contributed by atoms with Crippen LogP contribution in [0.25, 0.3) is 0 Å². The number of carbonyl (C=O) groups is 1. The molecule has 7 heteroatoms. The first kappa shape index (κ1) is 22.4. The number of hydrogen-bond acceptors (Lipinski definition) is 4. The van der Waals surface area contributed by atoms with Crippen molar-refractivity contribution in [3.63, 3.8) is 0 Å². The normalized spacial score (nSPS) is 11.9. The maximum absolute atomic E-state index is 12.1. The van der Waals surface area contributed by atoms with Gasteiger partial charge in [0.1, 0.15) is 5.75 Å². The molecule has 2 aromatic rings. The highest BCUT2D eigenvalue weighted by Crippen LogP contribution is 2.25. The Morgan fingerprint density at radius 3 is 2.43 bits per heavy atom. The highest BCUT2D eigenvalue weighted by atomic mass is 79.9. The van der Waals surface area contributed by atoms with Crippen LogP contribution in [0.3, 0.4) is 0 Å². The van der Waals surface area contributed by atoms with Gasteiger partial charge in [-0.15, -0.1) is 0 Å². The van der Waals surface area contributed by atoms with E-state index in [-0.39, 0.29) is 16.2 Å². The summed E-state index contributed by atoms with van der Waals surface area (Å²) in [5.74, 6) is 0.572. The van der Waals surface area contributed by atoms with E-state index in [4.69, 9.17) is 4.74 Å². The lowest BCUT2D eigenvalue weighted by atomic mass is 9.84. The molecule has 2 rings (SSSR count). The van der Waals surface area contributed by atoms with Crippen molar-refractivity contribution in [2.75, 3.05) is 19.4 Å². The van der Waals surface area contributed by atoms with Crippen molar-refractivity contribution in [3.05, 3.63) is 58.6 Å².